The minimum Gasteiger partial charge on any atom is -0.406 e. The van der Waals surface area contributed by atoms with Gasteiger partial charge in [-0.25, -0.2) is 14.5 Å². The first-order valence-electron chi connectivity index (χ1n) is 13.2. The van der Waals surface area contributed by atoms with Gasteiger partial charge in [0.15, 0.2) is 17.1 Å². The second-order valence-electron chi connectivity index (χ2n) is 9.69. The third kappa shape index (κ3) is 7.48. The molecule has 1 N–H and O–H groups in total. The summed E-state index contributed by atoms with van der Waals surface area (Å²) in [6.45, 7) is 1.65. The van der Waals surface area contributed by atoms with Gasteiger partial charge in [0.25, 0.3) is 0 Å². The molecule has 46 heavy (non-hydrogen) atoms. The van der Waals surface area contributed by atoms with E-state index in [1.165, 1.54) is 53.5 Å². The number of carbonyl (C=O) groups is 2. The number of benzene rings is 3. The number of carbonyl (C=O) groups excluding carboxylic acids is 2. The van der Waals surface area contributed by atoms with E-state index in [-0.39, 0.29) is 33.7 Å². The summed E-state index contributed by atoms with van der Waals surface area (Å²) in [7, 11) is 0.913. The van der Waals surface area contributed by atoms with Crippen molar-refractivity contribution >= 4 is 40.2 Å². The molecule has 0 radical (unpaired) electrons. The third-order valence-electron chi connectivity index (χ3n) is 6.43. The van der Waals surface area contributed by atoms with Crippen LogP contribution in [0.1, 0.15) is 17.2 Å². The van der Waals surface area contributed by atoms with Gasteiger partial charge in [-0.05, 0) is 67.1 Å². The molecule has 17 heteroatoms. The number of anilines is 2. The Morgan fingerprint density at radius 2 is 1.72 bits per heavy atom. The van der Waals surface area contributed by atoms with Gasteiger partial charge in [0.1, 0.15) is 12.1 Å². The molecule has 3 amide bonds. The van der Waals surface area contributed by atoms with Crippen LogP contribution in [0.5, 0.6) is 5.75 Å². The molecule has 1 unspecified atom stereocenters. The van der Waals surface area contributed by atoms with Crippen molar-refractivity contribution in [2.75, 3.05) is 23.1 Å². The standard InChI is InChI=1S/C29H22F6N6O4S/c1-16-3-12-21(24(44-2)28(30,31)32)22(13-16)41-23(42)14-46-27(41)38-26(43)37-18-6-8-19(9-7-18)40-15-36-25(39-40)17-4-10-20(11-5-17)45-29(33,34)35/h3-13,15,24H,14H2,1-2H3,(H,37,43). The molecular weight excluding hydrogens is 642 g/mol. The van der Waals surface area contributed by atoms with Crippen LogP contribution in [0.4, 0.5) is 42.5 Å². The number of hydrogen-bond acceptors (Lipinski definition) is 7. The summed E-state index contributed by atoms with van der Waals surface area (Å²) >= 11 is 0.905. The first kappa shape index (κ1) is 32.5. The van der Waals surface area contributed by atoms with Crippen molar-refractivity contribution < 1.29 is 45.4 Å². The number of nitrogens with one attached hydrogen (secondary N) is 1. The summed E-state index contributed by atoms with van der Waals surface area (Å²) in [4.78, 5) is 34.7. The molecule has 1 aromatic heterocycles. The van der Waals surface area contributed by atoms with Crippen LogP contribution in [0.15, 0.2) is 78.0 Å². The van der Waals surface area contributed by atoms with Crippen LogP contribution >= 0.6 is 11.8 Å². The second kappa shape index (κ2) is 12.8. The van der Waals surface area contributed by atoms with Gasteiger partial charge in [0.05, 0.1) is 17.1 Å². The van der Waals surface area contributed by atoms with Crippen LogP contribution in [0.25, 0.3) is 17.1 Å². The van der Waals surface area contributed by atoms with Crippen LogP contribution in [0.2, 0.25) is 0 Å². The molecule has 1 fully saturated rings. The maximum Gasteiger partial charge on any atom is 0.573 e. The Kier molecular flexibility index (Phi) is 9.07. The number of urea groups is 1. The zero-order valence-corrected chi connectivity index (χ0v) is 24.6. The average Bonchev–Trinajstić information content (AvgIpc) is 3.60. The first-order valence-corrected chi connectivity index (χ1v) is 14.1. The minimum atomic E-state index is -4.81. The number of aromatic nitrogens is 3. The fourth-order valence-corrected chi connectivity index (χ4v) is 5.31. The summed E-state index contributed by atoms with van der Waals surface area (Å²) < 4.78 is 88.4. The van der Waals surface area contributed by atoms with E-state index in [4.69, 9.17) is 4.74 Å². The summed E-state index contributed by atoms with van der Waals surface area (Å²) in [6, 6.07) is 14.5. The summed E-state index contributed by atoms with van der Waals surface area (Å²) in [5, 5.41) is 6.77. The number of ether oxygens (including phenoxy) is 2. The number of nitrogens with zero attached hydrogens (tertiary/aromatic N) is 5. The highest BCUT2D eigenvalue weighted by Gasteiger charge is 2.44. The van der Waals surface area contributed by atoms with Crippen molar-refractivity contribution in [3.63, 3.8) is 0 Å². The molecule has 3 aromatic carbocycles. The fraction of sp³-hybridized carbons (Fsp3) is 0.207. The van der Waals surface area contributed by atoms with Crippen molar-refractivity contribution in [1.82, 2.24) is 14.8 Å². The van der Waals surface area contributed by atoms with Gasteiger partial charge in [-0.2, -0.15) is 18.2 Å². The lowest BCUT2D eigenvalue weighted by atomic mass is 10.0. The molecule has 0 spiro atoms. The quantitative estimate of drug-likeness (QED) is 0.211. The van der Waals surface area contributed by atoms with Crippen molar-refractivity contribution in [2.24, 2.45) is 4.99 Å². The van der Waals surface area contributed by atoms with E-state index < -0.39 is 30.6 Å². The molecule has 240 valence electrons. The van der Waals surface area contributed by atoms with Gasteiger partial charge < -0.3 is 14.8 Å². The first-order chi connectivity index (χ1) is 21.7. The van der Waals surface area contributed by atoms with Gasteiger partial charge in [-0.3, -0.25) is 9.69 Å². The summed E-state index contributed by atoms with van der Waals surface area (Å²) in [5.74, 6) is -0.833. The van der Waals surface area contributed by atoms with Gasteiger partial charge >= 0.3 is 18.6 Å². The van der Waals surface area contributed by atoms with Crippen molar-refractivity contribution in [3.05, 3.63) is 84.2 Å². The van der Waals surface area contributed by atoms with E-state index in [9.17, 15) is 35.9 Å². The number of aryl methyl sites for hydroxylation is 1. The molecule has 1 saturated heterocycles. The molecule has 4 aromatic rings. The lowest BCUT2D eigenvalue weighted by Crippen LogP contribution is -2.33. The Morgan fingerprint density at radius 1 is 1.02 bits per heavy atom. The van der Waals surface area contributed by atoms with Crippen LogP contribution in [-0.4, -0.2) is 57.3 Å². The predicted octanol–water partition coefficient (Wildman–Crippen LogP) is 7.06. The number of halogens is 6. The van der Waals surface area contributed by atoms with E-state index in [1.54, 1.807) is 19.1 Å². The number of amides is 3. The minimum absolute atomic E-state index is 0.0899. The monoisotopic (exact) mass is 664 g/mol. The van der Waals surface area contributed by atoms with E-state index in [2.05, 4.69) is 25.1 Å². The van der Waals surface area contributed by atoms with Crippen molar-refractivity contribution in [3.8, 4) is 22.8 Å². The molecule has 0 bridgehead atoms. The average molecular weight is 665 g/mol. The molecular formula is C29H22F6N6O4S. The number of aliphatic imine (C=N–C) groups is 1. The summed E-state index contributed by atoms with van der Waals surface area (Å²) in [5.41, 5.74) is 1.48. The smallest absolute Gasteiger partial charge is 0.406 e. The van der Waals surface area contributed by atoms with Crippen molar-refractivity contribution in [1.29, 1.82) is 0 Å². The predicted molar refractivity (Wildman–Crippen MR) is 157 cm³/mol. The Hall–Kier alpha value is -4.90. The maximum atomic E-state index is 13.7. The highest BCUT2D eigenvalue weighted by Crippen LogP contribution is 2.42. The number of hydrogen-bond donors (Lipinski definition) is 1. The Morgan fingerprint density at radius 3 is 2.35 bits per heavy atom. The molecule has 0 aliphatic carbocycles. The molecule has 10 nitrogen and oxygen atoms in total. The van der Waals surface area contributed by atoms with E-state index in [1.807, 2.05) is 0 Å². The molecule has 0 saturated carbocycles. The van der Waals surface area contributed by atoms with Crippen LogP contribution < -0.4 is 15.0 Å². The normalized spacial score (nSPS) is 15.3. The number of thioether (sulfide) groups is 1. The largest absolute Gasteiger partial charge is 0.573 e. The zero-order valence-electron chi connectivity index (χ0n) is 23.8. The highest BCUT2D eigenvalue weighted by molar-refractivity contribution is 8.15. The van der Waals surface area contributed by atoms with Gasteiger partial charge in [-0.15, -0.1) is 18.3 Å². The molecule has 5 rings (SSSR count). The van der Waals surface area contributed by atoms with Crippen LogP contribution in [0.3, 0.4) is 0 Å². The Labute approximate surface area is 261 Å². The zero-order chi connectivity index (χ0) is 33.2. The molecule has 1 aliphatic rings. The number of alkyl halides is 6. The number of amidine groups is 1. The third-order valence-corrected chi connectivity index (χ3v) is 7.35. The van der Waals surface area contributed by atoms with Crippen LogP contribution in [0, 0.1) is 6.92 Å². The van der Waals surface area contributed by atoms with Gasteiger partial charge in [-0.1, -0.05) is 23.9 Å². The van der Waals surface area contributed by atoms with E-state index in [0.29, 0.717) is 22.5 Å². The Bertz CT molecular complexity index is 1770. The van der Waals surface area contributed by atoms with Gasteiger partial charge in [0.2, 0.25) is 5.91 Å². The topological polar surface area (TPSA) is 111 Å². The SMILES string of the molecule is COC(c1ccc(C)cc1N1C(=O)CSC1=NC(=O)Nc1ccc(-n2cnc(-c3ccc(OC(F)(F)F)cc3)n2)cc1)C(F)(F)F. The van der Waals surface area contributed by atoms with Crippen LogP contribution in [-0.2, 0) is 9.53 Å². The molecule has 1 atom stereocenters. The van der Waals surface area contributed by atoms with Gasteiger partial charge in [0, 0.05) is 23.9 Å². The fourth-order valence-electron chi connectivity index (χ4n) is 4.45. The maximum absolute atomic E-state index is 13.7. The van der Waals surface area contributed by atoms with Crippen molar-refractivity contribution in [2.45, 2.75) is 25.6 Å². The molecule has 1 aliphatic heterocycles. The number of methoxy groups -OCH3 is 1. The lowest BCUT2D eigenvalue weighted by Gasteiger charge is -2.26. The second-order valence-corrected chi connectivity index (χ2v) is 10.6. The lowest BCUT2D eigenvalue weighted by molar-refractivity contribution is -0.274. The number of rotatable bonds is 7. The van der Waals surface area contributed by atoms with E-state index >= 15 is 0 Å². The molecule has 2 heterocycles. The highest BCUT2D eigenvalue weighted by atomic mass is 32.2. The van der Waals surface area contributed by atoms with E-state index in [0.717, 1.165) is 35.9 Å². The summed E-state index contributed by atoms with van der Waals surface area (Å²) in [6.07, 6.45) is -10.5. The Balaban J connectivity index is 1.30.